The number of hydrogen-bond acceptors (Lipinski definition) is 1. The smallest absolute Gasteiger partial charge is 0.268 e. The molecule has 0 saturated heterocycles. The Kier molecular flexibility index (Phi) is 4.83. The monoisotopic (exact) mass is 272 g/mol. The summed E-state index contributed by atoms with van der Waals surface area (Å²) in [5.74, 6) is 0.0376. The summed E-state index contributed by atoms with van der Waals surface area (Å²) in [6, 6.07) is 10.3. The number of carbonyl (C=O) groups is 1. The maximum atomic E-state index is 12.5. The first kappa shape index (κ1) is 14.6. The van der Waals surface area contributed by atoms with Crippen LogP contribution in [0.3, 0.4) is 0 Å². The molecule has 2 aromatic rings. The van der Waals surface area contributed by atoms with Crippen molar-refractivity contribution in [2.24, 2.45) is 7.05 Å². The van der Waals surface area contributed by atoms with E-state index >= 15 is 0 Å². The summed E-state index contributed by atoms with van der Waals surface area (Å²) in [5.41, 5.74) is 1.84. The van der Waals surface area contributed by atoms with Crippen LogP contribution in [-0.2, 0) is 7.05 Å². The van der Waals surface area contributed by atoms with E-state index in [0.29, 0.717) is 0 Å². The Hall–Kier alpha value is -1.77. The highest BCUT2D eigenvalue weighted by atomic mass is 16.2. The summed E-state index contributed by atoms with van der Waals surface area (Å²) in [5, 5.41) is 4.29. The van der Waals surface area contributed by atoms with Gasteiger partial charge in [-0.3, -0.25) is 4.79 Å². The van der Waals surface area contributed by atoms with Crippen LogP contribution in [0.1, 0.15) is 50.0 Å². The number of fused-ring (bicyclic) bond motifs is 1. The summed E-state index contributed by atoms with van der Waals surface area (Å²) in [4.78, 5) is 12.5. The molecule has 1 aromatic heterocycles. The van der Waals surface area contributed by atoms with Gasteiger partial charge in [0, 0.05) is 24.0 Å². The van der Waals surface area contributed by atoms with Gasteiger partial charge in [0.25, 0.3) is 5.91 Å². The Bertz CT molecular complexity index is 580. The van der Waals surface area contributed by atoms with Gasteiger partial charge in [-0.25, -0.2) is 0 Å². The first-order valence-corrected chi connectivity index (χ1v) is 7.52. The molecule has 0 fully saturated rings. The molecule has 0 spiro atoms. The highest BCUT2D eigenvalue weighted by Gasteiger charge is 2.16. The first-order valence-electron chi connectivity index (χ1n) is 7.52. The van der Waals surface area contributed by atoms with Crippen LogP contribution in [0.15, 0.2) is 30.3 Å². The minimum Gasteiger partial charge on any atom is -0.348 e. The molecule has 0 aliphatic heterocycles. The quantitative estimate of drug-likeness (QED) is 0.850. The average Bonchev–Trinajstić information content (AvgIpc) is 2.77. The number of nitrogens with zero attached hydrogens (tertiary/aromatic N) is 1. The molecule has 1 aromatic carbocycles. The van der Waals surface area contributed by atoms with Crippen molar-refractivity contribution in [3.8, 4) is 0 Å². The third-order valence-corrected chi connectivity index (χ3v) is 3.79. The van der Waals surface area contributed by atoms with Gasteiger partial charge in [-0.1, -0.05) is 44.9 Å². The fourth-order valence-corrected chi connectivity index (χ4v) is 2.75. The third kappa shape index (κ3) is 3.03. The number of amides is 1. The van der Waals surface area contributed by atoms with E-state index in [-0.39, 0.29) is 11.9 Å². The van der Waals surface area contributed by atoms with E-state index < -0.39 is 0 Å². The zero-order chi connectivity index (χ0) is 14.5. The maximum Gasteiger partial charge on any atom is 0.268 e. The van der Waals surface area contributed by atoms with Gasteiger partial charge in [-0.2, -0.15) is 0 Å². The summed E-state index contributed by atoms with van der Waals surface area (Å²) in [6.45, 7) is 4.32. The van der Waals surface area contributed by atoms with E-state index in [1.807, 2.05) is 41.9 Å². The molecule has 3 nitrogen and oxygen atoms in total. The van der Waals surface area contributed by atoms with Gasteiger partial charge in [0.2, 0.25) is 0 Å². The molecule has 0 unspecified atom stereocenters. The van der Waals surface area contributed by atoms with Gasteiger partial charge >= 0.3 is 0 Å². The minimum absolute atomic E-state index is 0.0376. The molecule has 0 bridgehead atoms. The topological polar surface area (TPSA) is 34.0 Å². The van der Waals surface area contributed by atoms with Crippen molar-refractivity contribution in [1.29, 1.82) is 0 Å². The second-order valence-electron chi connectivity index (χ2n) is 5.40. The molecule has 0 aliphatic carbocycles. The van der Waals surface area contributed by atoms with Crippen molar-refractivity contribution >= 4 is 16.8 Å². The number of hydrogen-bond donors (Lipinski definition) is 1. The average molecular weight is 272 g/mol. The second-order valence-corrected chi connectivity index (χ2v) is 5.40. The molecular weight excluding hydrogens is 248 g/mol. The number of aryl methyl sites for hydroxylation is 1. The van der Waals surface area contributed by atoms with Gasteiger partial charge in [-0.05, 0) is 25.0 Å². The van der Waals surface area contributed by atoms with Crippen molar-refractivity contribution < 1.29 is 4.79 Å². The van der Waals surface area contributed by atoms with E-state index in [1.54, 1.807) is 0 Å². The number of nitrogens with one attached hydrogen (secondary N) is 1. The fourth-order valence-electron chi connectivity index (χ4n) is 2.75. The van der Waals surface area contributed by atoms with Crippen LogP contribution in [-0.4, -0.2) is 16.5 Å². The lowest BCUT2D eigenvalue weighted by Gasteiger charge is -2.17. The first-order chi connectivity index (χ1) is 9.67. The van der Waals surface area contributed by atoms with Gasteiger partial charge in [0.05, 0.1) is 0 Å². The number of para-hydroxylation sites is 1. The Balaban J connectivity index is 2.20. The van der Waals surface area contributed by atoms with E-state index in [1.165, 1.54) is 0 Å². The highest BCUT2D eigenvalue weighted by molar-refractivity contribution is 5.98. The van der Waals surface area contributed by atoms with E-state index in [0.717, 1.165) is 42.3 Å². The zero-order valence-corrected chi connectivity index (χ0v) is 12.6. The van der Waals surface area contributed by atoms with Crippen LogP contribution >= 0.6 is 0 Å². The van der Waals surface area contributed by atoms with Crippen LogP contribution in [0.4, 0.5) is 0 Å². The minimum atomic E-state index is 0.0376. The van der Waals surface area contributed by atoms with Crippen molar-refractivity contribution in [3.05, 3.63) is 36.0 Å². The lowest BCUT2D eigenvalue weighted by atomic mass is 10.1. The van der Waals surface area contributed by atoms with Crippen LogP contribution in [0.2, 0.25) is 0 Å². The molecule has 0 atom stereocenters. The summed E-state index contributed by atoms with van der Waals surface area (Å²) in [7, 11) is 1.95. The van der Waals surface area contributed by atoms with Gasteiger partial charge in [0.15, 0.2) is 0 Å². The molecule has 3 heteroatoms. The Morgan fingerprint density at radius 3 is 2.45 bits per heavy atom. The van der Waals surface area contributed by atoms with E-state index in [2.05, 4.69) is 19.2 Å². The molecule has 0 radical (unpaired) electrons. The number of carbonyl (C=O) groups excluding carboxylic acids is 1. The molecule has 20 heavy (non-hydrogen) atoms. The van der Waals surface area contributed by atoms with Crippen LogP contribution < -0.4 is 5.32 Å². The van der Waals surface area contributed by atoms with E-state index in [9.17, 15) is 4.79 Å². The van der Waals surface area contributed by atoms with Crippen molar-refractivity contribution in [3.63, 3.8) is 0 Å². The highest BCUT2D eigenvalue weighted by Crippen LogP contribution is 2.18. The van der Waals surface area contributed by atoms with Crippen molar-refractivity contribution in [2.75, 3.05) is 0 Å². The fraction of sp³-hybridized carbons (Fsp3) is 0.471. The zero-order valence-electron chi connectivity index (χ0n) is 12.6. The Labute approximate surface area is 121 Å². The Morgan fingerprint density at radius 2 is 1.85 bits per heavy atom. The predicted octanol–water partition coefficient (Wildman–Crippen LogP) is 3.88. The SMILES string of the molecule is CCCC(CCC)NC(=O)c1cc2ccccc2n1C. The largest absolute Gasteiger partial charge is 0.348 e. The summed E-state index contributed by atoms with van der Waals surface area (Å²) in [6.07, 6.45) is 4.28. The number of benzene rings is 1. The van der Waals surface area contributed by atoms with Crippen LogP contribution in [0.25, 0.3) is 10.9 Å². The predicted molar refractivity (Wildman–Crippen MR) is 84.0 cm³/mol. The molecule has 108 valence electrons. The standard InChI is InChI=1S/C17H24N2O/c1-4-8-14(9-5-2)18-17(20)16-12-13-10-6-7-11-15(13)19(16)3/h6-7,10-12,14H,4-5,8-9H2,1-3H3,(H,18,20). The molecular formula is C17H24N2O. The summed E-state index contributed by atoms with van der Waals surface area (Å²) < 4.78 is 1.97. The molecule has 1 amide bonds. The maximum absolute atomic E-state index is 12.5. The molecule has 1 N–H and O–H groups in total. The van der Waals surface area contributed by atoms with Crippen molar-refractivity contribution in [2.45, 2.75) is 45.6 Å². The van der Waals surface area contributed by atoms with E-state index in [4.69, 9.17) is 0 Å². The molecule has 2 rings (SSSR count). The lowest BCUT2D eigenvalue weighted by molar-refractivity contribution is 0.0924. The van der Waals surface area contributed by atoms with Gasteiger partial charge in [0.1, 0.15) is 5.69 Å². The molecule has 1 heterocycles. The number of rotatable bonds is 6. The Morgan fingerprint density at radius 1 is 1.20 bits per heavy atom. The van der Waals surface area contributed by atoms with Gasteiger partial charge in [-0.15, -0.1) is 0 Å². The number of aromatic nitrogens is 1. The third-order valence-electron chi connectivity index (χ3n) is 3.79. The lowest BCUT2D eigenvalue weighted by Crippen LogP contribution is -2.35. The molecule has 0 saturated carbocycles. The second kappa shape index (κ2) is 6.60. The normalized spacial score (nSPS) is 11.2. The van der Waals surface area contributed by atoms with Gasteiger partial charge < -0.3 is 9.88 Å². The molecule has 0 aliphatic rings. The van der Waals surface area contributed by atoms with Crippen LogP contribution in [0.5, 0.6) is 0 Å². The van der Waals surface area contributed by atoms with Crippen LogP contribution in [0, 0.1) is 0 Å². The summed E-state index contributed by atoms with van der Waals surface area (Å²) >= 11 is 0. The van der Waals surface area contributed by atoms with Crippen molar-refractivity contribution in [1.82, 2.24) is 9.88 Å².